The van der Waals surface area contributed by atoms with Crippen LogP contribution in [0, 0.1) is 17.8 Å². The Labute approximate surface area is 101 Å². The predicted octanol–water partition coefficient (Wildman–Crippen LogP) is 0.640. The Bertz CT molecular complexity index is 301. The number of carbonyl (C=O) groups excluding carboxylic acids is 1. The van der Waals surface area contributed by atoms with Crippen LogP contribution in [0.1, 0.15) is 25.7 Å². The predicted molar refractivity (Wildman–Crippen MR) is 60.4 cm³/mol. The molecule has 2 N–H and O–H groups in total. The molecule has 5 nitrogen and oxygen atoms in total. The van der Waals surface area contributed by atoms with Crippen molar-refractivity contribution in [2.75, 3.05) is 19.8 Å². The molecule has 2 saturated carbocycles. The average Bonchev–Trinajstić information content (AvgIpc) is 2.98. The molecule has 5 heteroatoms. The van der Waals surface area contributed by atoms with Crippen LogP contribution in [0.4, 0.5) is 0 Å². The summed E-state index contributed by atoms with van der Waals surface area (Å²) in [6.45, 7) is 1.79. The van der Waals surface area contributed by atoms with Crippen molar-refractivity contribution in [3.63, 3.8) is 0 Å². The number of nitrogens with one attached hydrogen (secondary N) is 1. The number of carboxylic acids is 1. The molecule has 96 valence electrons. The molecule has 0 aromatic heterocycles. The monoisotopic (exact) mass is 241 g/mol. The highest BCUT2D eigenvalue weighted by Crippen LogP contribution is 2.34. The van der Waals surface area contributed by atoms with Gasteiger partial charge in [-0.05, 0) is 31.6 Å². The van der Waals surface area contributed by atoms with Gasteiger partial charge in [0, 0.05) is 13.2 Å². The van der Waals surface area contributed by atoms with Crippen LogP contribution in [0.15, 0.2) is 0 Å². The van der Waals surface area contributed by atoms with Crippen molar-refractivity contribution < 1.29 is 19.4 Å². The lowest BCUT2D eigenvalue weighted by atomic mass is 9.73. The summed E-state index contributed by atoms with van der Waals surface area (Å²) < 4.78 is 5.38. The standard InChI is InChI=1S/C12H19NO4/c14-11(9-3-4-10(9)12(15)16)13-5-6-17-7-8-1-2-8/h8-10H,1-7H2,(H,13,14)(H,15,16). The third-order valence-electron chi connectivity index (χ3n) is 3.52. The van der Waals surface area contributed by atoms with Gasteiger partial charge in [0.1, 0.15) is 0 Å². The number of amides is 1. The fourth-order valence-corrected chi connectivity index (χ4v) is 2.02. The first kappa shape index (κ1) is 12.4. The maximum absolute atomic E-state index is 11.6. The molecular weight excluding hydrogens is 222 g/mol. The van der Waals surface area contributed by atoms with Crippen molar-refractivity contribution >= 4 is 11.9 Å². The largest absolute Gasteiger partial charge is 0.481 e. The molecule has 0 aliphatic heterocycles. The van der Waals surface area contributed by atoms with Crippen LogP contribution in [-0.4, -0.2) is 36.7 Å². The molecule has 2 unspecified atom stereocenters. The van der Waals surface area contributed by atoms with Crippen molar-refractivity contribution in [2.24, 2.45) is 17.8 Å². The second kappa shape index (κ2) is 5.49. The summed E-state index contributed by atoms with van der Waals surface area (Å²) in [5.41, 5.74) is 0. The van der Waals surface area contributed by atoms with Crippen molar-refractivity contribution in [3.05, 3.63) is 0 Å². The first-order chi connectivity index (χ1) is 8.18. The van der Waals surface area contributed by atoms with Crippen LogP contribution in [-0.2, 0) is 14.3 Å². The number of aliphatic carboxylic acids is 1. The third-order valence-corrected chi connectivity index (χ3v) is 3.52. The van der Waals surface area contributed by atoms with Gasteiger partial charge >= 0.3 is 5.97 Å². The first-order valence-electron chi connectivity index (χ1n) is 6.26. The summed E-state index contributed by atoms with van der Waals surface area (Å²) >= 11 is 0. The van der Waals surface area contributed by atoms with Crippen LogP contribution in [0.5, 0.6) is 0 Å². The fraction of sp³-hybridized carbons (Fsp3) is 0.833. The van der Waals surface area contributed by atoms with E-state index in [0.717, 1.165) is 12.5 Å². The number of rotatable bonds is 7. The Balaban J connectivity index is 1.55. The molecule has 2 fully saturated rings. The van der Waals surface area contributed by atoms with Crippen molar-refractivity contribution in [2.45, 2.75) is 25.7 Å². The summed E-state index contributed by atoms with van der Waals surface area (Å²) in [5, 5.41) is 11.6. The van der Waals surface area contributed by atoms with E-state index in [4.69, 9.17) is 9.84 Å². The van der Waals surface area contributed by atoms with E-state index >= 15 is 0 Å². The lowest BCUT2D eigenvalue weighted by Crippen LogP contribution is -2.44. The average molecular weight is 241 g/mol. The number of carboxylic acid groups (broad SMARTS) is 1. The van der Waals surface area contributed by atoms with Gasteiger partial charge in [-0.25, -0.2) is 0 Å². The topological polar surface area (TPSA) is 75.6 Å². The van der Waals surface area contributed by atoms with Crippen LogP contribution in [0.2, 0.25) is 0 Å². The van der Waals surface area contributed by atoms with Crippen molar-refractivity contribution in [1.82, 2.24) is 5.32 Å². The highest BCUT2D eigenvalue weighted by atomic mass is 16.5. The lowest BCUT2D eigenvalue weighted by molar-refractivity contribution is -0.152. The Morgan fingerprint density at radius 3 is 2.41 bits per heavy atom. The Kier molecular flexibility index (Phi) is 3.99. The van der Waals surface area contributed by atoms with Gasteiger partial charge in [-0.1, -0.05) is 0 Å². The van der Waals surface area contributed by atoms with E-state index < -0.39 is 11.9 Å². The number of ether oxygens (including phenoxy) is 1. The quantitative estimate of drug-likeness (QED) is 0.641. The molecule has 0 saturated heterocycles. The number of carbonyl (C=O) groups is 2. The maximum atomic E-state index is 11.6. The molecule has 2 aliphatic carbocycles. The number of hydrogen-bond donors (Lipinski definition) is 2. The molecule has 0 radical (unpaired) electrons. The van der Waals surface area contributed by atoms with E-state index in [1.54, 1.807) is 0 Å². The second-order valence-electron chi connectivity index (χ2n) is 4.94. The molecule has 0 aromatic rings. The molecule has 0 heterocycles. The van der Waals surface area contributed by atoms with Gasteiger partial charge in [-0.2, -0.15) is 0 Å². The van der Waals surface area contributed by atoms with Crippen molar-refractivity contribution in [3.8, 4) is 0 Å². The van der Waals surface area contributed by atoms with Crippen LogP contribution in [0.25, 0.3) is 0 Å². The van der Waals surface area contributed by atoms with Crippen LogP contribution < -0.4 is 5.32 Å². The molecule has 2 aliphatic rings. The molecule has 1 amide bonds. The van der Waals surface area contributed by atoms with Crippen molar-refractivity contribution in [1.29, 1.82) is 0 Å². The third kappa shape index (κ3) is 3.43. The minimum atomic E-state index is -0.860. The van der Waals surface area contributed by atoms with E-state index in [1.165, 1.54) is 12.8 Å². The molecule has 0 aromatic carbocycles. The summed E-state index contributed by atoms with van der Waals surface area (Å²) in [7, 11) is 0. The van der Waals surface area contributed by atoms with E-state index in [0.29, 0.717) is 26.0 Å². The Morgan fingerprint density at radius 2 is 1.88 bits per heavy atom. The van der Waals surface area contributed by atoms with Crippen LogP contribution in [0.3, 0.4) is 0 Å². The van der Waals surface area contributed by atoms with Gasteiger partial charge in [-0.3, -0.25) is 9.59 Å². The molecule has 17 heavy (non-hydrogen) atoms. The van der Waals surface area contributed by atoms with Crippen LogP contribution >= 0.6 is 0 Å². The summed E-state index contributed by atoms with van der Waals surface area (Å²) in [4.78, 5) is 22.4. The van der Waals surface area contributed by atoms with Gasteiger partial charge < -0.3 is 15.2 Å². The number of hydrogen-bond acceptors (Lipinski definition) is 3. The van der Waals surface area contributed by atoms with E-state index in [-0.39, 0.29) is 11.8 Å². The lowest BCUT2D eigenvalue weighted by Gasteiger charge is -2.31. The highest BCUT2D eigenvalue weighted by Gasteiger charge is 2.41. The van der Waals surface area contributed by atoms with Gasteiger partial charge in [0.2, 0.25) is 5.91 Å². The van der Waals surface area contributed by atoms with E-state index in [9.17, 15) is 9.59 Å². The minimum absolute atomic E-state index is 0.140. The zero-order valence-corrected chi connectivity index (χ0v) is 9.85. The van der Waals surface area contributed by atoms with Gasteiger partial charge in [0.05, 0.1) is 18.4 Å². The summed E-state index contributed by atoms with van der Waals surface area (Å²) in [6.07, 6.45) is 3.82. The second-order valence-corrected chi connectivity index (χ2v) is 4.94. The molecule has 2 rings (SSSR count). The molecule has 0 spiro atoms. The maximum Gasteiger partial charge on any atom is 0.307 e. The Hall–Kier alpha value is -1.10. The smallest absolute Gasteiger partial charge is 0.307 e. The summed E-state index contributed by atoms with van der Waals surface area (Å²) in [6, 6.07) is 0. The SMILES string of the molecule is O=C(O)C1CCC1C(=O)NCCOCC1CC1. The zero-order chi connectivity index (χ0) is 12.3. The van der Waals surface area contributed by atoms with Gasteiger partial charge in [0.25, 0.3) is 0 Å². The molecular formula is C12H19NO4. The van der Waals surface area contributed by atoms with E-state index in [2.05, 4.69) is 5.32 Å². The summed E-state index contributed by atoms with van der Waals surface area (Å²) in [5.74, 6) is -1.09. The molecule has 0 bridgehead atoms. The fourth-order valence-electron chi connectivity index (χ4n) is 2.02. The Morgan fingerprint density at radius 1 is 1.18 bits per heavy atom. The zero-order valence-electron chi connectivity index (χ0n) is 9.85. The van der Waals surface area contributed by atoms with E-state index in [1.807, 2.05) is 0 Å². The minimum Gasteiger partial charge on any atom is -0.481 e. The normalized spacial score (nSPS) is 27.3. The van der Waals surface area contributed by atoms with Gasteiger partial charge in [-0.15, -0.1) is 0 Å². The first-order valence-corrected chi connectivity index (χ1v) is 6.26. The highest BCUT2D eigenvalue weighted by molar-refractivity contribution is 5.86. The van der Waals surface area contributed by atoms with Gasteiger partial charge in [0.15, 0.2) is 0 Å². The molecule has 2 atom stereocenters.